The van der Waals surface area contributed by atoms with Crippen LogP contribution in [-0.4, -0.2) is 37.8 Å². The van der Waals surface area contributed by atoms with Crippen molar-refractivity contribution in [3.63, 3.8) is 0 Å². The van der Waals surface area contributed by atoms with Crippen LogP contribution in [0.25, 0.3) is 0 Å². The number of ketones is 1. The predicted octanol–water partition coefficient (Wildman–Crippen LogP) is 0.768. The SMILES string of the molecule is CC(C)(C)S(=O)(=O)CCC1CNCCC1=O. The number of hydrogen-bond acceptors (Lipinski definition) is 4. The minimum Gasteiger partial charge on any atom is -0.316 e. The number of piperidine rings is 1. The Kier molecular flexibility index (Phi) is 4.12. The first-order valence-electron chi connectivity index (χ1n) is 5.70. The molecule has 0 aromatic heterocycles. The molecule has 1 atom stereocenters. The van der Waals surface area contributed by atoms with Crippen molar-refractivity contribution in [2.75, 3.05) is 18.8 Å². The highest BCUT2D eigenvalue weighted by Crippen LogP contribution is 2.20. The summed E-state index contributed by atoms with van der Waals surface area (Å²) in [5, 5.41) is 3.12. The first kappa shape index (κ1) is 13.6. The van der Waals surface area contributed by atoms with E-state index in [0.29, 0.717) is 19.4 Å². The molecule has 0 bridgehead atoms. The number of nitrogens with one attached hydrogen (secondary N) is 1. The van der Waals surface area contributed by atoms with Crippen LogP contribution in [0.4, 0.5) is 0 Å². The monoisotopic (exact) mass is 247 g/mol. The van der Waals surface area contributed by atoms with Gasteiger partial charge in [0.2, 0.25) is 0 Å². The van der Waals surface area contributed by atoms with E-state index < -0.39 is 14.6 Å². The fourth-order valence-corrected chi connectivity index (χ4v) is 2.88. The Morgan fingerprint density at radius 1 is 1.38 bits per heavy atom. The van der Waals surface area contributed by atoms with Crippen molar-refractivity contribution < 1.29 is 13.2 Å². The maximum Gasteiger partial charge on any atom is 0.155 e. The summed E-state index contributed by atoms with van der Waals surface area (Å²) in [7, 11) is -3.10. The fourth-order valence-electron chi connectivity index (χ4n) is 1.67. The lowest BCUT2D eigenvalue weighted by Crippen LogP contribution is -2.39. The summed E-state index contributed by atoms with van der Waals surface area (Å²) >= 11 is 0. The molecule has 94 valence electrons. The highest BCUT2D eigenvalue weighted by atomic mass is 32.2. The van der Waals surface area contributed by atoms with Gasteiger partial charge in [-0.1, -0.05) is 0 Å². The molecule has 0 radical (unpaired) electrons. The lowest BCUT2D eigenvalue weighted by molar-refractivity contribution is -0.123. The van der Waals surface area contributed by atoms with Gasteiger partial charge in [-0.25, -0.2) is 8.42 Å². The molecule has 0 aliphatic carbocycles. The number of sulfone groups is 1. The molecule has 1 aliphatic heterocycles. The zero-order chi connectivity index (χ0) is 12.4. The van der Waals surface area contributed by atoms with Crippen molar-refractivity contribution in [3.05, 3.63) is 0 Å². The average Bonchev–Trinajstić information content (AvgIpc) is 2.15. The number of Topliss-reactive ketones (excluding diaryl/α,β-unsaturated/α-hetero) is 1. The van der Waals surface area contributed by atoms with Crippen LogP contribution in [0.5, 0.6) is 0 Å². The molecule has 16 heavy (non-hydrogen) atoms. The Hall–Kier alpha value is -0.420. The van der Waals surface area contributed by atoms with Gasteiger partial charge in [0, 0.05) is 25.4 Å². The summed E-state index contributed by atoms with van der Waals surface area (Å²) in [6.07, 6.45) is 0.978. The van der Waals surface area contributed by atoms with Crippen LogP contribution in [-0.2, 0) is 14.6 Å². The van der Waals surface area contributed by atoms with E-state index in [1.807, 2.05) is 0 Å². The van der Waals surface area contributed by atoms with Crippen LogP contribution < -0.4 is 5.32 Å². The van der Waals surface area contributed by atoms with E-state index in [0.717, 1.165) is 6.54 Å². The molecule has 1 saturated heterocycles. The molecule has 0 saturated carbocycles. The maximum atomic E-state index is 11.9. The van der Waals surface area contributed by atoms with Gasteiger partial charge in [0.25, 0.3) is 0 Å². The zero-order valence-electron chi connectivity index (χ0n) is 10.2. The Bertz CT molecular complexity index is 354. The molecule has 5 heteroatoms. The minimum absolute atomic E-state index is 0.106. The van der Waals surface area contributed by atoms with Gasteiger partial charge >= 0.3 is 0 Å². The zero-order valence-corrected chi connectivity index (χ0v) is 11.1. The topological polar surface area (TPSA) is 63.2 Å². The molecule has 4 nitrogen and oxygen atoms in total. The summed E-state index contributed by atoms with van der Waals surface area (Å²) in [6.45, 7) is 6.44. The van der Waals surface area contributed by atoms with Crippen LogP contribution in [0.15, 0.2) is 0 Å². The van der Waals surface area contributed by atoms with Gasteiger partial charge in [0.1, 0.15) is 5.78 Å². The van der Waals surface area contributed by atoms with Crippen LogP contribution >= 0.6 is 0 Å². The quantitative estimate of drug-likeness (QED) is 0.800. The van der Waals surface area contributed by atoms with Crippen molar-refractivity contribution in [2.45, 2.75) is 38.4 Å². The van der Waals surface area contributed by atoms with Crippen molar-refractivity contribution in [1.29, 1.82) is 0 Å². The third-order valence-corrected chi connectivity index (χ3v) is 5.70. The summed E-state index contributed by atoms with van der Waals surface area (Å²) in [4.78, 5) is 11.5. The summed E-state index contributed by atoms with van der Waals surface area (Å²) in [6, 6.07) is 0. The third kappa shape index (κ3) is 3.28. The van der Waals surface area contributed by atoms with Crippen LogP contribution in [0.3, 0.4) is 0 Å². The molecule has 0 aromatic rings. The third-order valence-electron chi connectivity index (χ3n) is 3.06. The average molecular weight is 247 g/mol. The van der Waals surface area contributed by atoms with Crippen molar-refractivity contribution in [2.24, 2.45) is 5.92 Å². The number of rotatable bonds is 3. The van der Waals surface area contributed by atoms with Crippen molar-refractivity contribution in [1.82, 2.24) is 5.32 Å². The van der Waals surface area contributed by atoms with Gasteiger partial charge in [-0.2, -0.15) is 0 Å². The molecule has 1 unspecified atom stereocenters. The summed E-state index contributed by atoms with van der Waals surface area (Å²) in [5.41, 5.74) is 0. The second-order valence-corrected chi connectivity index (χ2v) is 8.20. The van der Waals surface area contributed by atoms with Gasteiger partial charge in [-0.15, -0.1) is 0 Å². The first-order valence-corrected chi connectivity index (χ1v) is 7.35. The normalized spacial score (nSPS) is 23.4. The molecule has 0 spiro atoms. The smallest absolute Gasteiger partial charge is 0.155 e. The van der Waals surface area contributed by atoms with E-state index in [4.69, 9.17) is 0 Å². The van der Waals surface area contributed by atoms with E-state index in [9.17, 15) is 13.2 Å². The molecule has 0 aromatic carbocycles. The largest absolute Gasteiger partial charge is 0.316 e. The second-order valence-electron chi connectivity index (χ2n) is 5.34. The van der Waals surface area contributed by atoms with Gasteiger partial charge in [0.05, 0.1) is 10.5 Å². The van der Waals surface area contributed by atoms with Crippen molar-refractivity contribution in [3.8, 4) is 0 Å². The Labute approximate surface area is 97.7 Å². The highest BCUT2D eigenvalue weighted by molar-refractivity contribution is 7.92. The Morgan fingerprint density at radius 3 is 2.50 bits per heavy atom. The standard InChI is InChI=1S/C11H21NO3S/c1-11(2,3)16(14,15)7-5-9-8-12-6-4-10(9)13/h9,12H,4-8H2,1-3H3. The molecule has 1 rings (SSSR count). The van der Waals surface area contributed by atoms with E-state index in [-0.39, 0.29) is 17.5 Å². The second kappa shape index (κ2) is 4.84. The minimum atomic E-state index is -3.10. The first-order chi connectivity index (χ1) is 7.24. The summed E-state index contributed by atoms with van der Waals surface area (Å²) in [5.74, 6) is 0.183. The fraction of sp³-hybridized carbons (Fsp3) is 0.909. The number of hydrogen-bond donors (Lipinski definition) is 1. The molecular weight excluding hydrogens is 226 g/mol. The predicted molar refractivity (Wildman–Crippen MR) is 64.1 cm³/mol. The molecule has 1 heterocycles. The summed E-state index contributed by atoms with van der Waals surface area (Å²) < 4.78 is 23.0. The van der Waals surface area contributed by atoms with E-state index in [2.05, 4.69) is 5.32 Å². The molecule has 1 aliphatic rings. The Balaban J connectivity index is 2.54. The highest BCUT2D eigenvalue weighted by Gasteiger charge is 2.31. The lowest BCUT2D eigenvalue weighted by Gasteiger charge is -2.24. The molecule has 1 N–H and O–H groups in total. The van der Waals surface area contributed by atoms with Gasteiger partial charge in [-0.3, -0.25) is 4.79 Å². The van der Waals surface area contributed by atoms with Crippen LogP contribution in [0, 0.1) is 5.92 Å². The van der Waals surface area contributed by atoms with Crippen LogP contribution in [0.1, 0.15) is 33.6 Å². The van der Waals surface area contributed by atoms with Gasteiger partial charge in [0.15, 0.2) is 9.84 Å². The van der Waals surface area contributed by atoms with Gasteiger partial charge in [-0.05, 0) is 27.2 Å². The van der Waals surface area contributed by atoms with Crippen LogP contribution in [0.2, 0.25) is 0 Å². The van der Waals surface area contributed by atoms with E-state index in [1.165, 1.54) is 0 Å². The lowest BCUT2D eigenvalue weighted by atomic mass is 9.96. The van der Waals surface area contributed by atoms with Crippen molar-refractivity contribution >= 4 is 15.6 Å². The molecule has 0 amide bonds. The van der Waals surface area contributed by atoms with Gasteiger partial charge < -0.3 is 5.32 Å². The Morgan fingerprint density at radius 2 is 2.00 bits per heavy atom. The number of carbonyl (C=O) groups is 1. The molecular formula is C11H21NO3S. The van der Waals surface area contributed by atoms with E-state index in [1.54, 1.807) is 20.8 Å². The van der Waals surface area contributed by atoms with E-state index >= 15 is 0 Å². The molecule has 1 fully saturated rings. The number of carbonyl (C=O) groups excluding carboxylic acids is 1. The maximum absolute atomic E-state index is 11.9.